The smallest absolute Gasteiger partial charge is 0.284 e. The Labute approximate surface area is 90.1 Å². The van der Waals surface area contributed by atoms with E-state index in [2.05, 4.69) is 4.18 Å². The predicted octanol–water partition coefficient (Wildman–Crippen LogP) is -1.12. The van der Waals surface area contributed by atoms with Gasteiger partial charge in [-0.2, -0.15) is 16.8 Å². The van der Waals surface area contributed by atoms with Gasteiger partial charge < -0.3 is 4.48 Å². The molecule has 0 saturated carbocycles. The average molecular weight is 262 g/mol. The van der Waals surface area contributed by atoms with Gasteiger partial charge in [-0.15, -0.1) is 0 Å². The predicted molar refractivity (Wildman–Crippen MR) is 54.2 cm³/mol. The van der Waals surface area contributed by atoms with Gasteiger partial charge in [0, 0.05) is 0 Å². The van der Waals surface area contributed by atoms with Crippen molar-refractivity contribution in [2.75, 3.05) is 39.4 Å². The number of quaternary nitrogens is 1. The molecule has 0 aliphatic heterocycles. The Bertz CT molecular complexity index is 390. The summed E-state index contributed by atoms with van der Waals surface area (Å²) in [5.74, 6) is 0. The highest BCUT2D eigenvalue weighted by Crippen LogP contribution is 1.99. The van der Waals surface area contributed by atoms with E-state index in [9.17, 15) is 16.8 Å². The maximum atomic E-state index is 11.0. The van der Waals surface area contributed by atoms with E-state index in [0.717, 1.165) is 0 Å². The topological polar surface area (TPSA) is 97.7 Å². The first-order chi connectivity index (χ1) is 6.41. The normalized spacial score (nSPS) is 14.1. The van der Waals surface area contributed by atoms with Crippen molar-refractivity contribution in [3.8, 4) is 0 Å². The second-order valence-corrected chi connectivity index (χ2v) is 7.55. The highest BCUT2D eigenvalue weighted by Gasteiger charge is 2.21. The molecule has 0 atom stereocenters. The summed E-state index contributed by atoms with van der Waals surface area (Å²) in [7, 11) is -3.28. The molecule has 0 amide bonds. The van der Waals surface area contributed by atoms with Crippen molar-refractivity contribution >= 4 is 20.2 Å². The van der Waals surface area contributed by atoms with Crippen LogP contribution in [0.15, 0.2) is 0 Å². The molecule has 0 aliphatic carbocycles. The fourth-order valence-electron chi connectivity index (χ4n) is 0.655. The van der Waals surface area contributed by atoms with Crippen LogP contribution < -0.4 is 0 Å². The molecular formula is C6H16NO6S2+. The molecule has 0 aromatic heterocycles. The van der Waals surface area contributed by atoms with Crippen molar-refractivity contribution in [2.24, 2.45) is 0 Å². The number of nitrogens with zero attached hydrogens (tertiary/aromatic N) is 1. The van der Waals surface area contributed by atoms with Crippen LogP contribution in [0.2, 0.25) is 0 Å². The third-order valence-electron chi connectivity index (χ3n) is 1.32. The fourth-order valence-corrected chi connectivity index (χ4v) is 2.71. The summed E-state index contributed by atoms with van der Waals surface area (Å²) >= 11 is 0. The van der Waals surface area contributed by atoms with Crippen LogP contribution in [0.1, 0.15) is 0 Å². The molecule has 7 nitrogen and oxygen atoms in total. The van der Waals surface area contributed by atoms with Crippen LogP contribution in [0.3, 0.4) is 0 Å². The van der Waals surface area contributed by atoms with Gasteiger partial charge in [0.2, 0.25) is 5.08 Å². The van der Waals surface area contributed by atoms with Crippen molar-refractivity contribution in [1.29, 1.82) is 0 Å². The zero-order chi connectivity index (χ0) is 12.3. The number of hydrogen-bond acceptors (Lipinski definition) is 5. The summed E-state index contributed by atoms with van der Waals surface area (Å²) in [6, 6.07) is 0. The molecule has 0 aliphatic rings. The first-order valence-corrected chi connectivity index (χ1v) is 7.23. The molecule has 0 fully saturated rings. The molecule has 0 saturated heterocycles. The van der Waals surface area contributed by atoms with Crippen LogP contribution >= 0.6 is 0 Å². The van der Waals surface area contributed by atoms with Crippen molar-refractivity contribution < 1.29 is 30.1 Å². The first-order valence-electron chi connectivity index (χ1n) is 4.04. The van der Waals surface area contributed by atoms with Gasteiger partial charge in [-0.3, -0.25) is 8.74 Å². The zero-order valence-corrected chi connectivity index (χ0v) is 10.5. The number of rotatable bonds is 6. The van der Waals surface area contributed by atoms with Crippen LogP contribution in [-0.4, -0.2) is 65.3 Å². The van der Waals surface area contributed by atoms with Gasteiger partial charge in [-0.25, -0.2) is 0 Å². The summed E-state index contributed by atoms with van der Waals surface area (Å²) in [5.41, 5.74) is 0. The van der Waals surface area contributed by atoms with Crippen LogP contribution in [0, 0.1) is 0 Å². The first kappa shape index (κ1) is 14.8. The minimum absolute atomic E-state index is 0.124. The molecule has 0 spiro atoms. The Morgan fingerprint density at radius 1 is 1.13 bits per heavy atom. The second-order valence-electron chi connectivity index (χ2n) is 4.09. The van der Waals surface area contributed by atoms with Crippen molar-refractivity contribution in [3.63, 3.8) is 0 Å². The quantitative estimate of drug-likeness (QED) is 0.370. The molecule has 0 aromatic carbocycles. The van der Waals surface area contributed by atoms with Crippen molar-refractivity contribution in [3.05, 3.63) is 0 Å². The van der Waals surface area contributed by atoms with Gasteiger partial charge >= 0.3 is 0 Å². The van der Waals surface area contributed by atoms with Crippen molar-refractivity contribution in [2.45, 2.75) is 0 Å². The number of likely N-dealkylation sites (N-methyl/N-ethyl adjacent to an activating group) is 1. The maximum Gasteiger partial charge on any atom is 0.284 e. The summed E-state index contributed by atoms with van der Waals surface area (Å²) in [4.78, 5) is 0. The maximum absolute atomic E-state index is 11.0. The Morgan fingerprint density at radius 2 is 1.60 bits per heavy atom. The average Bonchev–Trinajstić information content (AvgIpc) is 1.75. The molecule has 0 heterocycles. The minimum Gasteiger partial charge on any atom is -0.329 e. The lowest BCUT2D eigenvalue weighted by molar-refractivity contribution is -0.870. The van der Waals surface area contributed by atoms with Crippen LogP contribution in [-0.2, 0) is 24.4 Å². The highest BCUT2D eigenvalue weighted by molar-refractivity contribution is 8.03. The van der Waals surface area contributed by atoms with E-state index in [-0.39, 0.29) is 6.61 Å². The molecule has 9 heteroatoms. The Balaban J connectivity index is 4.20. The largest absolute Gasteiger partial charge is 0.329 e. The molecule has 92 valence electrons. The third-order valence-corrected chi connectivity index (χ3v) is 4.19. The van der Waals surface area contributed by atoms with E-state index >= 15 is 0 Å². The molecule has 0 aromatic rings. The van der Waals surface area contributed by atoms with E-state index < -0.39 is 25.3 Å². The molecular weight excluding hydrogens is 246 g/mol. The standard InChI is InChI=1S/C6H15NO6S2/c1-7(2,3)4-5-13-15(11,12)6-14(8,9)10/h4-6H2,1-3H3/p+1. The monoisotopic (exact) mass is 262 g/mol. The van der Waals surface area contributed by atoms with Crippen molar-refractivity contribution in [1.82, 2.24) is 0 Å². The lowest BCUT2D eigenvalue weighted by Crippen LogP contribution is -2.38. The number of hydrogen-bond donors (Lipinski definition) is 1. The van der Waals surface area contributed by atoms with E-state index in [1.165, 1.54) is 0 Å². The zero-order valence-electron chi connectivity index (χ0n) is 8.87. The summed E-state index contributed by atoms with van der Waals surface area (Å²) in [6.45, 7) is 0.284. The molecule has 0 radical (unpaired) electrons. The van der Waals surface area contributed by atoms with Gasteiger partial charge in [-0.1, -0.05) is 0 Å². The van der Waals surface area contributed by atoms with Crippen LogP contribution in [0.5, 0.6) is 0 Å². The molecule has 0 bridgehead atoms. The van der Waals surface area contributed by atoms with Gasteiger partial charge in [0.1, 0.15) is 13.2 Å². The van der Waals surface area contributed by atoms with E-state index in [1.54, 1.807) is 0 Å². The fraction of sp³-hybridized carbons (Fsp3) is 1.00. The Morgan fingerprint density at radius 3 is 1.93 bits per heavy atom. The van der Waals surface area contributed by atoms with Gasteiger partial charge in [0.25, 0.3) is 20.2 Å². The SMILES string of the molecule is C[N+](C)(C)CCOS(=O)(=O)CS(=O)(=O)O. The van der Waals surface area contributed by atoms with Gasteiger partial charge in [0.05, 0.1) is 21.1 Å². The van der Waals surface area contributed by atoms with Crippen LogP contribution in [0.25, 0.3) is 0 Å². The van der Waals surface area contributed by atoms with E-state index in [1.807, 2.05) is 21.1 Å². The Hall–Kier alpha value is -0.220. The molecule has 1 N–H and O–H groups in total. The second kappa shape index (κ2) is 4.74. The molecule has 15 heavy (non-hydrogen) atoms. The van der Waals surface area contributed by atoms with E-state index in [0.29, 0.717) is 11.0 Å². The summed E-state index contributed by atoms with van der Waals surface area (Å²) in [5, 5.41) is -1.41. The van der Waals surface area contributed by atoms with E-state index in [4.69, 9.17) is 4.55 Å². The van der Waals surface area contributed by atoms with Gasteiger partial charge in [-0.05, 0) is 0 Å². The summed E-state index contributed by atoms with van der Waals surface area (Å²) < 4.78 is 55.7. The van der Waals surface area contributed by atoms with Crippen LogP contribution in [0.4, 0.5) is 0 Å². The lowest BCUT2D eigenvalue weighted by atomic mass is 10.5. The third kappa shape index (κ3) is 10.1. The minimum atomic E-state index is -4.57. The highest BCUT2D eigenvalue weighted by atomic mass is 32.3. The summed E-state index contributed by atoms with van der Waals surface area (Å²) in [6.07, 6.45) is 0. The Kier molecular flexibility index (Phi) is 4.67. The van der Waals surface area contributed by atoms with Gasteiger partial charge in [0.15, 0.2) is 0 Å². The lowest BCUT2D eigenvalue weighted by Gasteiger charge is -2.23. The molecule has 0 rings (SSSR count). The molecule has 0 unspecified atom stereocenters.